The SMILES string of the molecule is CCc1nc(C)sc1CNC(=O)CCc1cc2n(n1)CCCNC2.Cl. The predicted molar refractivity (Wildman–Crippen MR) is 102 cm³/mol. The van der Waals surface area contributed by atoms with Crippen molar-refractivity contribution in [1.82, 2.24) is 25.4 Å². The van der Waals surface area contributed by atoms with Crippen LogP contribution in [-0.2, 0) is 37.3 Å². The topological polar surface area (TPSA) is 71.8 Å². The summed E-state index contributed by atoms with van der Waals surface area (Å²) in [6.45, 7) is 7.54. The lowest BCUT2D eigenvalue weighted by Crippen LogP contribution is -2.23. The molecule has 0 aliphatic carbocycles. The van der Waals surface area contributed by atoms with E-state index in [1.165, 1.54) is 10.6 Å². The molecule has 8 heteroatoms. The number of nitrogens with one attached hydrogen (secondary N) is 2. The number of nitrogens with zero attached hydrogens (tertiary/aromatic N) is 3. The summed E-state index contributed by atoms with van der Waals surface area (Å²) in [4.78, 5) is 17.8. The molecule has 0 aromatic carbocycles. The maximum atomic E-state index is 12.1. The van der Waals surface area contributed by atoms with E-state index in [0.29, 0.717) is 19.4 Å². The van der Waals surface area contributed by atoms with Crippen molar-refractivity contribution in [3.05, 3.63) is 33.0 Å². The molecule has 2 aromatic rings. The molecule has 25 heavy (non-hydrogen) atoms. The van der Waals surface area contributed by atoms with Gasteiger partial charge >= 0.3 is 0 Å². The Morgan fingerprint density at radius 1 is 1.48 bits per heavy atom. The van der Waals surface area contributed by atoms with E-state index in [-0.39, 0.29) is 18.3 Å². The second kappa shape index (κ2) is 9.31. The number of halogens is 1. The summed E-state index contributed by atoms with van der Waals surface area (Å²) in [6.07, 6.45) is 3.17. The first-order chi connectivity index (χ1) is 11.7. The van der Waals surface area contributed by atoms with Crippen LogP contribution in [-0.4, -0.2) is 27.2 Å². The number of thiazole rings is 1. The number of carbonyl (C=O) groups is 1. The Morgan fingerprint density at radius 3 is 3.12 bits per heavy atom. The first-order valence-electron chi connectivity index (χ1n) is 8.64. The summed E-state index contributed by atoms with van der Waals surface area (Å²) in [5.41, 5.74) is 3.32. The second-order valence-electron chi connectivity index (χ2n) is 6.11. The monoisotopic (exact) mass is 383 g/mol. The average Bonchev–Trinajstić information content (AvgIpc) is 3.06. The van der Waals surface area contributed by atoms with Gasteiger partial charge < -0.3 is 10.6 Å². The number of fused-ring (bicyclic) bond motifs is 1. The maximum absolute atomic E-state index is 12.1. The third kappa shape index (κ3) is 5.26. The van der Waals surface area contributed by atoms with E-state index in [0.717, 1.165) is 48.9 Å². The number of aryl methyl sites for hydroxylation is 4. The summed E-state index contributed by atoms with van der Waals surface area (Å²) in [7, 11) is 0. The van der Waals surface area contributed by atoms with Crippen LogP contribution in [0.1, 0.15) is 46.7 Å². The van der Waals surface area contributed by atoms with Crippen molar-refractivity contribution in [2.75, 3.05) is 6.54 Å². The van der Waals surface area contributed by atoms with E-state index in [1.54, 1.807) is 11.3 Å². The Hall–Kier alpha value is -1.44. The quantitative estimate of drug-likeness (QED) is 0.803. The zero-order chi connectivity index (χ0) is 16.9. The number of amides is 1. The molecule has 1 aliphatic rings. The standard InChI is InChI=1S/C17H25N5OS.ClH/c1-3-15-16(24-12(2)20-15)11-19-17(23)6-5-13-9-14-10-18-7-4-8-22(14)21-13;/h9,18H,3-8,10-11H2,1-2H3,(H,19,23);1H. The van der Waals surface area contributed by atoms with Crippen molar-refractivity contribution < 1.29 is 4.79 Å². The van der Waals surface area contributed by atoms with Crippen LogP contribution >= 0.6 is 23.7 Å². The van der Waals surface area contributed by atoms with Crippen LogP contribution in [0.3, 0.4) is 0 Å². The van der Waals surface area contributed by atoms with Crippen LogP contribution in [0.15, 0.2) is 6.07 Å². The zero-order valence-electron chi connectivity index (χ0n) is 14.8. The van der Waals surface area contributed by atoms with Gasteiger partial charge in [-0.05, 0) is 32.4 Å². The van der Waals surface area contributed by atoms with Gasteiger partial charge in [0.25, 0.3) is 0 Å². The molecule has 138 valence electrons. The summed E-state index contributed by atoms with van der Waals surface area (Å²) >= 11 is 1.67. The fourth-order valence-corrected chi connectivity index (χ4v) is 3.94. The van der Waals surface area contributed by atoms with E-state index in [4.69, 9.17) is 0 Å². The third-order valence-electron chi connectivity index (χ3n) is 4.22. The lowest BCUT2D eigenvalue weighted by atomic mass is 10.2. The van der Waals surface area contributed by atoms with Crippen LogP contribution in [0.5, 0.6) is 0 Å². The molecule has 3 rings (SSSR count). The van der Waals surface area contributed by atoms with Gasteiger partial charge in [0, 0.05) is 30.8 Å². The third-order valence-corrected chi connectivity index (χ3v) is 5.23. The molecule has 1 amide bonds. The molecule has 1 aliphatic heterocycles. The van der Waals surface area contributed by atoms with Crippen molar-refractivity contribution in [2.45, 2.75) is 59.2 Å². The molecule has 2 aromatic heterocycles. The van der Waals surface area contributed by atoms with Gasteiger partial charge in [0.2, 0.25) is 5.91 Å². The fourth-order valence-electron chi connectivity index (χ4n) is 2.98. The molecule has 0 bridgehead atoms. The van der Waals surface area contributed by atoms with Crippen LogP contribution < -0.4 is 10.6 Å². The molecular weight excluding hydrogens is 358 g/mol. The van der Waals surface area contributed by atoms with Crippen molar-refractivity contribution in [1.29, 1.82) is 0 Å². The van der Waals surface area contributed by atoms with Crippen LogP contribution in [0, 0.1) is 6.92 Å². The first kappa shape index (κ1) is 19.9. The lowest BCUT2D eigenvalue weighted by molar-refractivity contribution is -0.121. The normalized spacial score (nSPS) is 13.7. The molecule has 6 nitrogen and oxygen atoms in total. The fraction of sp³-hybridized carbons (Fsp3) is 0.588. The van der Waals surface area contributed by atoms with Gasteiger partial charge in [0.1, 0.15) is 0 Å². The van der Waals surface area contributed by atoms with Crippen LogP contribution in [0.25, 0.3) is 0 Å². The van der Waals surface area contributed by atoms with Crippen molar-refractivity contribution in [3.63, 3.8) is 0 Å². The van der Waals surface area contributed by atoms with Crippen molar-refractivity contribution in [3.8, 4) is 0 Å². The molecule has 0 unspecified atom stereocenters. The Balaban J connectivity index is 0.00000225. The van der Waals surface area contributed by atoms with Gasteiger partial charge in [-0.1, -0.05) is 6.92 Å². The molecule has 0 fully saturated rings. The molecule has 0 atom stereocenters. The highest BCUT2D eigenvalue weighted by atomic mass is 35.5. The van der Waals surface area contributed by atoms with E-state index >= 15 is 0 Å². The number of hydrogen-bond donors (Lipinski definition) is 2. The lowest BCUT2D eigenvalue weighted by Gasteiger charge is -2.04. The molecule has 0 spiro atoms. The van der Waals surface area contributed by atoms with Gasteiger partial charge in [-0.2, -0.15) is 5.10 Å². The highest BCUT2D eigenvalue weighted by Gasteiger charge is 2.13. The number of rotatable bonds is 6. The smallest absolute Gasteiger partial charge is 0.220 e. The zero-order valence-corrected chi connectivity index (χ0v) is 16.4. The van der Waals surface area contributed by atoms with Gasteiger partial charge in [-0.15, -0.1) is 23.7 Å². The van der Waals surface area contributed by atoms with Gasteiger partial charge in [-0.25, -0.2) is 4.98 Å². The van der Waals surface area contributed by atoms with Crippen LogP contribution in [0.4, 0.5) is 0 Å². The number of carbonyl (C=O) groups excluding carboxylic acids is 1. The summed E-state index contributed by atoms with van der Waals surface area (Å²) in [6, 6.07) is 2.12. The largest absolute Gasteiger partial charge is 0.351 e. The highest BCUT2D eigenvalue weighted by molar-refractivity contribution is 7.11. The Bertz CT molecular complexity index is 688. The minimum Gasteiger partial charge on any atom is -0.351 e. The van der Waals surface area contributed by atoms with Gasteiger partial charge in [0.15, 0.2) is 0 Å². The summed E-state index contributed by atoms with van der Waals surface area (Å²) in [5.74, 6) is 0.0735. The second-order valence-corrected chi connectivity index (χ2v) is 7.40. The van der Waals surface area contributed by atoms with E-state index in [1.807, 2.05) is 6.92 Å². The predicted octanol–water partition coefficient (Wildman–Crippen LogP) is 2.37. The Morgan fingerprint density at radius 2 is 2.32 bits per heavy atom. The Kier molecular flexibility index (Phi) is 7.40. The molecule has 3 heterocycles. The number of hydrogen-bond acceptors (Lipinski definition) is 5. The van der Waals surface area contributed by atoms with E-state index in [9.17, 15) is 4.79 Å². The Labute approximate surface area is 158 Å². The average molecular weight is 384 g/mol. The molecule has 2 N–H and O–H groups in total. The molecule has 0 radical (unpaired) electrons. The highest BCUT2D eigenvalue weighted by Crippen LogP contribution is 2.18. The van der Waals surface area contributed by atoms with Gasteiger partial charge in [0.05, 0.1) is 28.6 Å². The van der Waals surface area contributed by atoms with Gasteiger partial charge in [-0.3, -0.25) is 9.48 Å². The minimum atomic E-state index is 0. The van der Waals surface area contributed by atoms with E-state index < -0.39 is 0 Å². The molecular formula is C17H26ClN5OS. The summed E-state index contributed by atoms with van der Waals surface area (Å²) in [5, 5.41) is 12.1. The summed E-state index contributed by atoms with van der Waals surface area (Å²) < 4.78 is 2.07. The minimum absolute atomic E-state index is 0. The maximum Gasteiger partial charge on any atom is 0.220 e. The molecule has 0 saturated heterocycles. The number of aromatic nitrogens is 3. The first-order valence-corrected chi connectivity index (χ1v) is 9.45. The van der Waals surface area contributed by atoms with Crippen LogP contribution in [0.2, 0.25) is 0 Å². The van der Waals surface area contributed by atoms with Crippen molar-refractivity contribution >= 4 is 29.7 Å². The molecule has 0 saturated carbocycles. The van der Waals surface area contributed by atoms with E-state index in [2.05, 4.69) is 38.4 Å². The van der Waals surface area contributed by atoms with Crippen molar-refractivity contribution in [2.24, 2.45) is 0 Å².